The van der Waals surface area contributed by atoms with E-state index in [-0.39, 0.29) is 11.8 Å². The van der Waals surface area contributed by atoms with Crippen LogP contribution in [0, 0.1) is 11.8 Å². The maximum absolute atomic E-state index is 12.5. The van der Waals surface area contributed by atoms with Gasteiger partial charge in [0.1, 0.15) is 0 Å². The number of carboxylic acid groups (broad SMARTS) is 1. The normalized spacial score (nSPS) is 23.7. The van der Waals surface area contributed by atoms with E-state index < -0.39 is 11.9 Å². The summed E-state index contributed by atoms with van der Waals surface area (Å²) >= 11 is 0. The number of hydrogen-bond acceptors (Lipinski definition) is 2. The van der Waals surface area contributed by atoms with E-state index >= 15 is 0 Å². The van der Waals surface area contributed by atoms with Crippen molar-refractivity contribution in [2.45, 2.75) is 52.4 Å². The summed E-state index contributed by atoms with van der Waals surface area (Å²) in [6.07, 6.45) is 5.15. The fourth-order valence-corrected chi connectivity index (χ4v) is 2.83. The predicted octanol–water partition coefficient (Wildman–Crippen LogP) is 2.53. The van der Waals surface area contributed by atoms with Crippen molar-refractivity contribution in [3.63, 3.8) is 0 Å². The van der Waals surface area contributed by atoms with Crippen molar-refractivity contribution in [1.29, 1.82) is 0 Å². The Kier molecular flexibility index (Phi) is 6.16. The maximum atomic E-state index is 12.5. The van der Waals surface area contributed by atoms with E-state index in [4.69, 9.17) is 0 Å². The minimum absolute atomic E-state index is 0.0609. The number of carboxylic acids is 1. The van der Waals surface area contributed by atoms with Crippen molar-refractivity contribution in [1.82, 2.24) is 4.90 Å². The summed E-state index contributed by atoms with van der Waals surface area (Å²) in [5, 5.41) is 9.23. The molecule has 1 saturated carbocycles. The molecule has 0 radical (unpaired) electrons. The highest BCUT2D eigenvalue weighted by Gasteiger charge is 2.37. The molecule has 4 heteroatoms. The Labute approximate surface area is 109 Å². The van der Waals surface area contributed by atoms with E-state index in [9.17, 15) is 14.7 Å². The van der Waals surface area contributed by atoms with Crippen LogP contribution in [-0.4, -0.2) is 35.0 Å². The van der Waals surface area contributed by atoms with Crippen LogP contribution in [0.2, 0.25) is 0 Å². The lowest BCUT2D eigenvalue weighted by Gasteiger charge is -2.32. The predicted molar refractivity (Wildman–Crippen MR) is 70.2 cm³/mol. The van der Waals surface area contributed by atoms with Gasteiger partial charge in [0.15, 0.2) is 0 Å². The van der Waals surface area contributed by atoms with Crippen LogP contribution in [0.15, 0.2) is 0 Å². The molecule has 1 aliphatic rings. The summed E-state index contributed by atoms with van der Waals surface area (Å²) in [6.45, 7) is 5.59. The zero-order chi connectivity index (χ0) is 13.5. The minimum Gasteiger partial charge on any atom is -0.481 e. The van der Waals surface area contributed by atoms with E-state index in [0.29, 0.717) is 6.42 Å². The van der Waals surface area contributed by atoms with E-state index in [1.165, 1.54) is 0 Å². The summed E-state index contributed by atoms with van der Waals surface area (Å²) in [7, 11) is 0. The number of amides is 1. The highest BCUT2D eigenvalue weighted by Crippen LogP contribution is 2.31. The van der Waals surface area contributed by atoms with Gasteiger partial charge in [0.25, 0.3) is 0 Å². The molecule has 18 heavy (non-hydrogen) atoms. The third-order valence-electron chi connectivity index (χ3n) is 3.70. The molecule has 104 valence electrons. The summed E-state index contributed by atoms with van der Waals surface area (Å²) in [4.78, 5) is 25.5. The van der Waals surface area contributed by atoms with Gasteiger partial charge in [-0.2, -0.15) is 0 Å². The lowest BCUT2D eigenvalue weighted by atomic mass is 9.78. The van der Waals surface area contributed by atoms with Gasteiger partial charge < -0.3 is 10.0 Å². The molecule has 0 aliphatic heterocycles. The number of nitrogens with zero attached hydrogens (tertiary/aromatic N) is 1. The van der Waals surface area contributed by atoms with Crippen LogP contribution in [0.5, 0.6) is 0 Å². The monoisotopic (exact) mass is 255 g/mol. The highest BCUT2D eigenvalue weighted by molar-refractivity contribution is 5.85. The molecule has 1 fully saturated rings. The third kappa shape index (κ3) is 3.72. The Balaban J connectivity index is 2.73. The van der Waals surface area contributed by atoms with Gasteiger partial charge >= 0.3 is 5.97 Å². The third-order valence-corrected chi connectivity index (χ3v) is 3.70. The van der Waals surface area contributed by atoms with Gasteiger partial charge in [0, 0.05) is 13.1 Å². The van der Waals surface area contributed by atoms with Crippen LogP contribution in [0.4, 0.5) is 0 Å². The Bertz CT molecular complexity index is 285. The van der Waals surface area contributed by atoms with Crippen molar-refractivity contribution < 1.29 is 14.7 Å². The van der Waals surface area contributed by atoms with Crippen LogP contribution < -0.4 is 0 Å². The second-order valence-corrected chi connectivity index (χ2v) is 5.16. The largest absolute Gasteiger partial charge is 0.481 e. The van der Waals surface area contributed by atoms with Gasteiger partial charge in [-0.3, -0.25) is 9.59 Å². The van der Waals surface area contributed by atoms with Crippen molar-refractivity contribution in [2.24, 2.45) is 11.8 Å². The average molecular weight is 255 g/mol. The minimum atomic E-state index is -0.805. The van der Waals surface area contributed by atoms with Crippen LogP contribution >= 0.6 is 0 Å². The topological polar surface area (TPSA) is 57.6 Å². The molecule has 0 aromatic rings. The molecule has 1 N–H and O–H groups in total. The SMILES string of the molecule is CCCN(CCC)C(=O)C1CCCCC1C(=O)O. The first-order valence-electron chi connectivity index (χ1n) is 7.13. The molecule has 0 aromatic carbocycles. The van der Waals surface area contributed by atoms with Crippen LogP contribution in [-0.2, 0) is 9.59 Å². The number of aliphatic carboxylic acids is 1. The smallest absolute Gasteiger partial charge is 0.307 e. The fourth-order valence-electron chi connectivity index (χ4n) is 2.83. The van der Waals surface area contributed by atoms with Gasteiger partial charge in [-0.1, -0.05) is 26.7 Å². The second-order valence-electron chi connectivity index (χ2n) is 5.16. The Morgan fingerprint density at radius 2 is 1.56 bits per heavy atom. The van der Waals surface area contributed by atoms with Gasteiger partial charge in [0.05, 0.1) is 11.8 Å². The first-order valence-corrected chi connectivity index (χ1v) is 7.13. The number of carbonyl (C=O) groups is 2. The molecule has 2 unspecified atom stereocenters. The quantitative estimate of drug-likeness (QED) is 0.793. The number of rotatable bonds is 6. The molecule has 4 nitrogen and oxygen atoms in total. The number of hydrogen-bond donors (Lipinski definition) is 1. The Hall–Kier alpha value is -1.06. The summed E-state index contributed by atoms with van der Waals surface area (Å²) in [6, 6.07) is 0. The fraction of sp³-hybridized carbons (Fsp3) is 0.857. The molecule has 1 aliphatic carbocycles. The molecule has 1 amide bonds. The molecule has 0 heterocycles. The standard InChI is InChI=1S/C14H25NO3/c1-3-9-15(10-4-2)13(16)11-7-5-6-8-12(11)14(17)18/h11-12H,3-10H2,1-2H3,(H,17,18). The zero-order valence-corrected chi connectivity index (χ0v) is 11.5. The Morgan fingerprint density at radius 1 is 1.06 bits per heavy atom. The molecular formula is C14H25NO3. The molecule has 1 rings (SSSR count). The molecule has 2 atom stereocenters. The molecule has 0 spiro atoms. The van der Waals surface area contributed by atoms with Gasteiger partial charge in [0.2, 0.25) is 5.91 Å². The van der Waals surface area contributed by atoms with Crippen LogP contribution in [0.1, 0.15) is 52.4 Å². The highest BCUT2D eigenvalue weighted by atomic mass is 16.4. The van der Waals surface area contributed by atoms with E-state index in [1.54, 1.807) is 0 Å². The van der Waals surface area contributed by atoms with E-state index in [0.717, 1.165) is 45.2 Å². The molecular weight excluding hydrogens is 230 g/mol. The molecule has 0 bridgehead atoms. The van der Waals surface area contributed by atoms with Gasteiger partial charge in [-0.05, 0) is 25.7 Å². The lowest BCUT2D eigenvalue weighted by Crippen LogP contribution is -2.43. The number of carbonyl (C=O) groups excluding carboxylic acids is 1. The van der Waals surface area contributed by atoms with Crippen molar-refractivity contribution in [2.75, 3.05) is 13.1 Å². The van der Waals surface area contributed by atoms with E-state index in [2.05, 4.69) is 0 Å². The lowest BCUT2D eigenvalue weighted by molar-refractivity contribution is -0.152. The zero-order valence-electron chi connectivity index (χ0n) is 11.5. The van der Waals surface area contributed by atoms with Crippen LogP contribution in [0.3, 0.4) is 0 Å². The van der Waals surface area contributed by atoms with Gasteiger partial charge in [-0.15, -0.1) is 0 Å². The van der Waals surface area contributed by atoms with Gasteiger partial charge in [-0.25, -0.2) is 0 Å². The first-order chi connectivity index (χ1) is 8.61. The van der Waals surface area contributed by atoms with Crippen LogP contribution in [0.25, 0.3) is 0 Å². The summed E-state index contributed by atoms with van der Waals surface area (Å²) in [5.41, 5.74) is 0. The maximum Gasteiger partial charge on any atom is 0.307 e. The van der Waals surface area contributed by atoms with Crippen molar-refractivity contribution >= 4 is 11.9 Å². The van der Waals surface area contributed by atoms with Crippen molar-refractivity contribution in [3.8, 4) is 0 Å². The molecule has 0 aromatic heterocycles. The van der Waals surface area contributed by atoms with E-state index in [1.807, 2.05) is 18.7 Å². The second kappa shape index (κ2) is 7.39. The van der Waals surface area contributed by atoms with Crippen molar-refractivity contribution in [3.05, 3.63) is 0 Å². The molecule has 0 saturated heterocycles. The summed E-state index contributed by atoms with van der Waals surface area (Å²) in [5.74, 6) is -1.51. The Morgan fingerprint density at radius 3 is 2.00 bits per heavy atom. The average Bonchev–Trinajstić information content (AvgIpc) is 2.37. The summed E-state index contributed by atoms with van der Waals surface area (Å²) < 4.78 is 0. The first kappa shape index (κ1) is 15.0.